The molecule has 0 bridgehead atoms. The molecule has 0 atom stereocenters. The largest absolute Gasteiger partial charge is 0.492 e. The number of pyridine rings is 2. The van der Waals surface area contributed by atoms with E-state index in [0.29, 0.717) is 28.6 Å². The SMILES string of the molecule is C=C(OCC)c1ccc2nccc(Cl)c2n1. The van der Waals surface area contributed by atoms with Crippen molar-refractivity contribution < 1.29 is 4.74 Å². The molecule has 0 amide bonds. The maximum absolute atomic E-state index is 6.04. The molecule has 4 heteroatoms. The van der Waals surface area contributed by atoms with Gasteiger partial charge >= 0.3 is 0 Å². The maximum Gasteiger partial charge on any atom is 0.137 e. The summed E-state index contributed by atoms with van der Waals surface area (Å²) in [5, 5.41) is 0.580. The van der Waals surface area contributed by atoms with Crippen molar-refractivity contribution in [2.24, 2.45) is 0 Å². The number of rotatable bonds is 3. The molecule has 0 aliphatic rings. The average molecular weight is 235 g/mol. The molecule has 3 nitrogen and oxygen atoms in total. The van der Waals surface area contributed by atoms with Crippen molar-refractivity contribution >= 4 is 28.4 Å². The van der Waals surface area contributed by atoms with Crippen LogP contribution in [0.25, 0.3) is 16.8 Å². The highest BCUT2D eigenvalue weighted by Crippen LogP contribution is 2.21. The van der Waals surface area contributed by atoms with E-state index >= 15 is 0 Å². The van der Waals surface area contributed by atoms with Crippen LogP contribution in [0.5, 0.6) is 0 Å². The van der Waals surface area contributed by atoms with E-state index < -0.39 is 0 Å². The van der Waals surface area contributed by atoms with Gasteiger partial charge in [0.15, 0.2) is 0 Å². The zero-order valence-electron chi connectivity index (χ0n) is 8.90. The van der Waals surface area contributed by atoms with Gasteiger partial charge in [0.2, 0.25) is 0 Å². The van der Waals surface area contributed by atoms with Gasteiger partial charge in [0, 0.05) is 6.20 Å². The standard InChI is InChI=1S/C12H11ClN2O/c1-3-16-8(2)10-4-5-11-12(15-10)9(13)6-7-14-11/h4-7H,2-3H2,1H3. The van der Waals surface area contributed by atoms with Gasteiger partial charge in [0.05, 0.1) is 17.1 Å². The van der Waals surface area contributed by atoms with E-state index in [4.69, 9.17) is 16.3 Å². The zero-order valence-corrected chi connectivity index (χ0v) is 9.66. The Morgan fingerprint density at radius 1 is 1.44 bits per heavy atom. The summed E-state index contributed by atoms with van der Waals surface area (Å²) in [7, 11) is 0. The Balaban J connectivity index is 2.51. The molecule has 0 spiro atoms. The highest BCUT2D eigenvalue weighted by Gasteiger charge is 2.06. The molecule has 0 aliphatic heterocycles. The highest BCUT2D eigenvalue weighted by molar-refractivity contribution is 6.34. The number of fused-ring (bicyclic) bond motifs is 1. The number of hydrogen-bond acceptors (Lipinski definition) is 3. The predicted molar refractivity (Wildman–Crippen MR) is 65.2 cm³/mol. The Morgan fingerprint density at radius 3 is 3.00 bits per heavy atom. The van der Waals surface area contributed by atoms with E-state index in [1.54, 1.807) is 12.3 Å². The van der Waals surface area contributed by atoms with Crippen molar-refractivity contribution in [3.05, 3.63) is 41.7 Å². The molecule has 2 aromatic heterocycles. The van der Waals surface area contributed by atoms with E-state index in [-0.39, 0.29) is 0 Å². The lowest BCUT2D eigenvalue weighted by atomic mass is 10.2. The first-order valence-electron chi connectivity index (χ1n) is 4.95. The Labute approximate surface area is 98.7 Å². The van der Waals surface area contributed by atoms with Crippen LogP contribution in [0.4, 0.5) is 0 Å². The summed E-state index contributed by atoms with van der Waals surface area (Å²) in [5.74, 6) is 0.546. The van der Waals surface area contributed by atoms with E-state index in [0.717, 1.165) is 5.52 Å². The lowest BCUT2D eigenvalue weighted by molar-refractivity contribution is 0.298. The minimum absolute atomic E-state index is 0.546. The van der Waals surface area contributed by atoms with Gasteiger partial charge in [-0.2, -0.15) is 0 Å². The van der Waals surface area contributed by atoms with Crippen molar-refractivity contribution in [2.75, 3.05) is 6.61 Å². The van der Waals surface area contributed by atoms with Crippen LogP contribution < -0.4 is 0 Å². The van der Waals surface area contributed by atoms with Crippen LogP contribution in [-0.4, -0.2) is 16.6 Å². The highest BCUT2D eigenvalue weighted by atomic mass is 35.5. The maximum atomic E-state index is 6.04. The fourth-order valence-electron chi connectivity index (χ4n) is 1.40. The summed E-state index contributed by atoms with van der Waals surface area (Å²) >= 11 is 6.04. The van der Waals surface area contributed by atoms with Crippen LogP contribution in [0.1, 0.15) is 12.6 Å². The lowest BCUT2D eigenvalue weighted by Crippen LogP contribution is -1.94. The van der Waals surface area contributed by atoms with Gasteiger partial charge in [0.25, 0.3) is 0 Å². The Kier molecular flexibility index (Phi) is 3.06. The van der Waals surface area contributed by atoms with Gasteiger partial charge in [-0.3, -0.25) is 4.98 Å². The second-order valence-electron chi connectivity index (χ2n) is 3.21. The Morgan fingerprint density at radius 2 is 2.25 bits per heavy atom. The second-order valence-corrected chi connectivity index (χ2v) is 3.62. The molecule has 82 valence electrons. The fraction of sp³-hybridized carbons (Fsp3) is 0.167. The number of aromatic nitrogens is 2. The van der Waals surface area contributed by atoms with Crippen LogP contribution in [-0.2, 0) is 4.74 Å². The van der Waals surface area contributed by atoms with Gasteiger partial charge in [-0.1, -0.05) is 18.2 Å². The molecule has 0 aromatic carbocycles. The van der Waals surface area contributed by atoms with Gasteiger partial charge in [-0.15, -0.1) is 0 Å². The monoisotopic (exact) mass is 234 g/mol. The van der Waals surface area contributed by atoms with Crippen LogP contribution >= 0.6 is 11.6 Å². The van der Waals surface area contributed by atoms with Crippen LogP contribution in [0.3, 0.4) is 0 Å². The van der Waals surface area contributed by atoms with Gasteiger partial charge in [-0.25, -0.2) is 4.98 Å². The second kappa shape index (κ2) is 4.49. The summed E-state index contributed by atoms with van der Waals surface area (Å²) in [6, 6.07) is 5.39. The number of ether oxygens (including phenoxy) is 1. The molecule has 16 heavy (non-hydrogen) atoms. The summed E-state index contributed by atoms with van der Waals surface area (Å²) in [4.78, 5) is 8.55. The third-order valence-corrected chi connectivity index (χ3v) is 2.44. The van der Waals surface area contributed by atoms with Crippen molar-refractivity contribution in [1.29, 1.82) is 0 Å². The number of halogens is 1. The first-order valence-corrected chi connectivity index (χ1v) is 5.33. The minimum atomic E-state index is 0.546. The van der Waals surface area contributed by atoms with Gasteiger partial charge in [-0.05, 0) is 25.1 Å². The molecule has 0 unspecified atom stereocenters. The molecule has 2 rings (SSSR count). The average Bonchev–Trinajstić information content (AvgIpc) is 2.29. The molecule has 0 saturated carbocycles. The molecular weight excluding hydrogens is 224 g/mol. The smallest absolute Gasteiger partial charge is 0.137 e. The van der Waals surface area contributed by atoms with E-state index in [1.807, 2.05) is 19.1 Å². The van der Waals surface area contributed by atoms with E-state index in [1.165, 1.54) is 0 Å². The first kappa shape index (κ1) is 10.9. The van der Waals surface area contributed by atoms with Crippen LogP contribution in [0.2, 0.25) is 5.02 Å². The number of hydrogen-bond donors (Lipinski definition) is 0. The summed E-state index contributed by atoms with van der Waals surface area (Å²) in [5.41, 5.74) is 2.12. The predicted octanol–water partition coefficient (Wildman–Crippen LogP) is 3.29. The number of nitrogens with zero attached hydrogens (tertiary/aromatic N) is 2. The van der Waals surface area contributed by atoms with Gasteiger partial charge in [0.1, 0.15) is 17.0 Å². The Hall–Kier alpha value is -1.61. The van der Waals surface area contributed by atoms with Crippen LogP contribution in [0.15, 0.2) is 31.0 Å². The Bertz CT molecular complexity index is 540. The van der Waals surface area contributed by atoms with Crippen molar-refractivity contribution in [2.45, 2.75) is 6.92 Å². The van der Waals surface area contributed by atoms with E-state index in [2.05, 4.69) is 16.5 Å². The minimum Gasteiger partial charge on any atom is -0.492 e. The molecule has 2 heterocycles. The molecule has 0 N–H and O–H groups in total. The van der Waals surface area contributed by atoms with E-state index in [9.17, 15) is 0 Å². The zero-order chi connectivity index (χ0) is 11.5. The summed E-state index contributed by atoms with van der Waals surface area (Å²) in [6.07, 6.45) is 1.66. The van der Waals surface area contributed by atoms with Crippen LogP contribution in [0, 0.1) is 0 Å². The normalized spacial score (nSPS) is 10.4. The third kappa shape index (κ3) is 1.99. The van der Waals surface area contributed by atoms with Gasteiger partial charge < -0.3 is 4.74 Å². The fourth-order valence-corrected chi connectivity index (χ4v) is 1.59. The topological polar surface area (TPSA) is 35.0 Å². The van der Waals surface area contributed by atoms with Crippen molar-refractivity contribution in [3.63, 3.8) is 0 Å². The van der Waals surface area contributed by atoms with Crippen molar-refractivity contribution in [1.82, 2.24) is 9.97 Å². The summed E-state index contributed by atoms with van der Waals surface area (Å²) in [6.45, 7) is 6.28. The molecular formula is C12H11ClN2O. The molecule has 0 aliphatic carbocycles. The third-order valence-electron chi connectivity index (χ3n) is 2.14. The molecule has 0 fully saturated rings. The molecule has 0 saturated heterocycles. The lowest BCUT2D eigenvalue weighted by Gasteiger charge is -2.07. The quantitative estimate of drug-likeness (QED) is 0.765. The molecule has 0 radical (unpaired) electrons. The first-order chi connectivity index (χ1) is 7.72. The summed E-state index contributed by atoms with van der Waals surface area (Å²) < 4.78 is 5.30. The molecule has 2 aromatic rings. The van der Waals surface area contributed by atoms with Crippen molar-refractivity contribution in [3.8, 4) is 0 Å².